The van der Waals surface area contributed by atoms with Crippen LogP contribution >= 0.6 is 21.7 Å². The summed E-state index contributed by atoms with van der Waals surface area (Å²) in [6.45, 7) is 3.68. The largest absolute Gasteiger partial charge is 0.303 e. The Bertz CT molecular complexity index is 432. The third kappa shape index (κ3) is 2.54. The Hall–Kier alpha value is -0.250. The number of hydrogen-bond donors (Lipinski definition) is 0. The highest BCUT2D eigenvalue weighted by Crippen LogP contribution is 2.36. The molecule has 4 heteroatoms. The first-order valence-corrected chi connectivity index (χ1v) is 8.20. The summed E-state index contributed by atoms with van der Waals surface area (Å²) in [5.74, 6) is 1.35. The van der Waals surface area contributed by atoms with Crippen molar-refractivity contribution in [3.63, 3.8) is 0 Å². The van der Waals surface area contributed by atoms with Gasteiger partial charge in [-0.05, 0) is 89.6 Å². The fraction of sp³-hybridized carbons (Fsp3) is 0.571. The Kier molecular flexibility index (Phi) is 3.83. The number of piperidine rings is 3. The van der Waals surface area contributed by atoms with E-state index in [-0.39, 0.29) is 5.82 Å². The predicted molar refractivity (Wildman–Crippen MR) is 74.5 cm³/mol. The maximum atomic E-state index is 13.4. The van der Waals surface area contributed by atoms with Crippen LogP contribution in [0.15, 0.2) is 23.1 Å². The predicted octanol–water partition coefficient (Wildman–Crippen LogP) is 3.96. The maximum Gasteiger partial charge on any atom is 0.123 e. The van der Waals surface area contributed by atoms with Gasteiger partial charge in [0.05, 0.1) is 0 Å². The zero-order valence-electron chi connectivity index (χ0n) is 10.2. The number of nitrogens with zero attached hydrogens (tertiary/aromatic N) is 1. The maximum absolute atomic E-state index is 13.4. The molecule has 0 saturated carbocycles. The van der Waals surface area contributed by atoms with E-state index >= 15 is 0 Å². The van der Waals surface area contributed by atoms with Gasteiger partial charge >= 0.3 is 0 Å². The minimum absolute atomic E-state index is 0.152. The lowest BCUT2D eigenvalue weighted by molar-refractivity contribution is 0.0509. The quantitative estimate of drug-likeness (QED) is 0.827. The van der Waals surface area contributed by atoms with Crippen molar-refractivity contribution < 1.29 is 4.39 Å². The van der Waals surface area contributed by atoms with Crippen molar-refractivity contribution in [1.29, 1.82) is 0 Å². The molecule has 0 spiro atoms. The van der Waals surface area contributed by atoms with Crippen LogP contribution in [0.2, 0.25) is 0 Å². The molecule has 0 amide bonds. The van der Waals surface area contributed by atoms with Crippen LogP contribution in [0.4, 0.5) is 4.39 Å². The summed E-state index contributed by atoms with van der Waals surface area (Å²) in [5.41, 5.74) is 1.08. The smallest absolute Gasteiger partial charge is 0.123 e. The Morgan fingerprint density at radius 3 is 2.72 bits per heavy atom. The average Bonchev–Trinajstić information content (AvgIpc) is 2.40. The van der Waals surface area contributed by atoms with Crippen molar-refractivity contribution in [2.45, 2.75) is 24.2 Å². The van der Waals surface area contributed by atoms with Crippen LogP contribution in [0.25, 0.3) is 0 Å². The van der Waals surface area contributed by atoms with Crippen LogP contribution < -0.4 is 0 Å². The third-order valence-corrected chi connectivity index (χ3v) is 5.44. The van der Waals surface area contributed by atoms with E-state index < -0.39 is 0 Å². The van der Waals surface area contributed by atoms with E-state index in [2.05, 4.69) is 4.90 Å². The minimum Gasteiger partial charge on any atom is -0.303 e. The molecule has 1 nitrogen and oxygen atoms in total. The molecule has 2 bridgehead atoms. The lowest BCUT2D eigenvalue weighted by Gasteiger charge is -2.45. The van der Waals surface area contributed by atoms with Gasteiger partial charge in [0.2, 0.25) is 0 Å². The van der Waals surface area contributed by atoms with Crippen molar-refractivity contribution >= 4 is 21.7 Å². The van der Waals surface area contributed by atoms with Gasteiger partial charge in [0.1, 0.15) is 5.82 Å². The van der Waals surface area contributed by atoms with Crippen molar-refractivity contribution in [1.82, 2.24) is 4.90 Å². The Morgan fingerprint density at radius 1 is 1.33 bits per heavy atom. The van der Waals surface area contributed by atoms with Crippen molar-refractivity contribution in [3.05, 3.63) is 29.6 Å². The molecular weight excluding hydrogens is 269 g/mol. The lowest BCUT2D eigenvalue weighted by atomic mass is 9.76. The molecule has 3 aliphatic heterocycles. The fourth-order valence-electron chi connectivity index (χ4n) is 3.38. The second kappa shape index (κ2) is 5.40. The molecule has 1 atom stereocenters. The lowest BCUT2D eigenvalue weighted by Crippen LogP contribution is -2.48. The number of rotatable bonds is 3. The zero-order valence-corrected chi connectivity index (χ0v) is 11.8. The third-order valence-electron chi connectivity index (χ3n) is 4.38. The Balaban J connectivity index is 1.78. The fourth-order valence-corrected chi connectivity index (χ4v) is 4.20. The van der Waals surface area contributed by atoms with E-state index in [0.29, 0.717) is 5.92 Å². The van der Waals surface area contributed by atoms with E-state index in [1.165, 1.54) is 49.5 Å². The summed E-state index contributed by atoms with van der Waals surface area (Å²) >= 11 is 0. The molecule has 4 rings (SSSR count). The Morgan fingerprint density at radius 2 is 2.11 bits per heavy atom. The van der Waals surface area contributed by atoms with Crippen LogP contribution in [0.1, 0.15) is 18.4 Å². The molecule has 1 aromatic carbocycles. The first-order chi connectivity index (χ1) is 8.76. The van der Waals surface area contributed by atoms with Crippen LogP contribution in [0.3, 0.4) is 0 Å². The molecular formula is C14H17ClFNS. The van der Waals surface area contributed by atoms with E-state index in [1.807, 2.05) is 0 Å². The zero-order chi connectivity index (χ0) is 12.5. The molecule has 0 N–H and O–H groups in total. The molecule has 3 fully saturated rings. The van der Waals surface area contributed by atoms with Crippen LogP contribution in [0.5, 0.6) is 0 Å². The number of fused-ring (bicyclic) bond motifs is 3. The highest BCUT2D eigenvalue weighted by Gasteiger charge is 2.34. The summed E-state index contributed by atoms with van der Waals surface area (Å²) in [6, 6.07) is 4.94. The van der Waals surface area contributed by atoms with E-state index in [9.17, 15) is 4.39 Å². The van der Waals surface area contributed by atoms with E-state index in [1.54, 1.807) is 12.1 Å². The molecule has 0 radical (unpaired) electrons. The van der Waals surface area contributed by atoms with E-state index in [4.69, 9.17) is 10.7 Å². The minimum atomic E-state index is -0.152. The standard InChI is InChI=1S/C14H17ClFNS/c15-18-14-2-1-13(16)8-11(14)7-12-9-17-5-3-10(12)4-6-17/h1-2,8,10,12H,3-7,9H2. The summed E-state index contributed by atoms with van der Waals surface area (Å²) < 4.78 is 13.4. The molecule has 0 aliphatic carbocycles. The summed E-state index contributed by atoms with van der Waals surface area (Å²) in [5, 5.41) is 0. The number of hydrogen-bond acceptors (Lipinski definition) is 2. The Labute approximate surface area is 116 Å². The second-order valence-corrected chi connectivity index (χ2v) is 6.49. The van der Waals surface area contributed by atoms with Crippen molar-refractivity contribution in [3.8, 4) is 0 Å². The second-order valence-electron chi connectivity index (χ2n) is 5.43. The highest BCUT2D eigenvalue weighted by atomic mass is 35.7. The molecule has 3 aliphatic rings. The monoisotopic (exact) mass is 285 g/mol. The van der Waals surface area contributed by atoms with Crippen molar-refractivity contribution in [2.75, 3.05) is 19.6 Å². The summed E-state index contributed by atoms with van der Waals surface area (Å²) in [7, 11) is 7.07. The summed E-state index contributed by atoms with van der Waals surface area (Å²) in [6.07, 6.45) is 3.58. The van der Waals surface area contributed by atoms with Gasteiger partial charge < -0.3 is 4.90 Å². The highest BCUT2D eigenvalue weighted by molar-refractivity contribution is 8.21. The summed E-state index contributed by atoms with van der Waals surface area (Å²) in [4.78, 5) is 3.55. The normalized spacial score (nSPS) is 30.7. The van der Waals surface area contributed by atoms with Gasteiger partial charge in [0, 0.05) is 11.4 Å². The van der Waals surface area contributed by atoms with Gasteiger partial charge in [0.15, 0.2) is 0 Å². The van der Waals surface area contributed by atoms with Gasteiger partial charge in [-0.2, -0.15) is 0 Å². The molecule has 3 saturated heterocycles. The van der Waals surface area contributed by atoms with Gasteiger partial charge in [-0.3, -0.25) is 0 Å². The molecule has 98 valence electrons. The molecule has 18 heavy (non-hydrogen) atoms. The van der Waals surface area contributed by atoms with Gasteiger partial charge in [0.25, 0.3) is 0 Å². The number of benzene rings is 1. The van der Waals surface area contributed by atoms with Crippen molar-refractivity contribution in [2.24, 2.45) is 11.8 Å². The van der Waals surface area contributed by atoms with Crippen LogP contribution in [-0.4, -0.2) is 24.5 Å². The first-order valence-electron chi connectivity index (χ1n) is 6.55. The topological polar surface area (TPSA) is 3.24 Å². The van der Waals surface area contributed by atoms with Gasteiger partial charge in [-0.1, -0.05) is 0 Å². The van der Waals surface area contributed by atoms with E-state index in [0.717, 1.165) is 22.8 Å². The van der Waals surface area contributed by atoms with Gasteiger partial charge in [-0.15, -0.1) is 0 Å². The SMILES string of the molecule is Fc1ccc(SCl)c(CC2CN3CCC2CC3)c1. The molecule has 1 aromatic rings. The first kappa shape index (κ1) is 12.8. The molecule has 3 heterocycles. The molecule has 0 aromatic heterocycles. The average molecular weight is 286 g/mol. The number of halogens is 2. The molecule has 1 unspecified atom stereocenters. The van der Waals surface area contributed by atoms with Gasteiger partial charge in [-0.25, -0.2) is 4.39 Å². The van der Waals surface area contributed by atoms with Crippen LogP contribution in [-0.2, 0) is 6.42 Å². The van der Waals surface area contributed by atoms with Crippen LogP contribution in [0, 0.1) is 17.7 Å².